The van der Waals surface area contributed by atoms with Crippen LogP contribution in [-0.4, -0.2) is 16.2 Å². The lowest BCUT2D eigenvalue weighted by molar-refractivity contribution is 1.08. The van der Waals surface area contributed by atoms with Gasteiger partial charge in [0.2, 0.25) is 5.95 Å². The van der Waals surface area contributed by atoms with Gasteiger partial charge in [0.1, 0.15) is 11.6 Å². The molecule has 0 radical (unpaired) electrons. The van der Waals surface area contributed by atoms with Gasteiger partial charge in [-0.15, -0.1) is 11.3 Å². The molecule has 118 valence electrons. The van der Waals surface area contributed by atoms with Crippen molar-refractivity contribution < 1.29 is 0 Å². The monoisotopic (exact) mass is 355 g/mol. The van der Waals surface area contributed by atoms with E-state index in [-0.39, 0.29) is 17.2 Å². The van der Waals surface area contributed by atoms with E-state index in [1.807, 2.05) is 23.6 Å². The van der Waals surface area contributed by atoms with Gasteiger partial charge in [0.15, 0.2) is 0 Å². The van der Waals surface area contributed by atoms with Crippen molar-refractivity contribution in [2.75, 3.05) is 5.43 Å². The molecule has 0 spiro atoms. The van der Waals surface area contributed by atoms with E-state index >= 15 is 0 Å². The zero-order valence-corrected chi connectivity index (χ0v) is 13.7. The van der Waals surface area contributed by atoms with Crippen LogP contribution in [0.25, 0.3) is 11.3 Å². The number of nitriles is 1. The summed E-state index contributed by atoms with van der Waals surface area (Å²) in [7, 11) is 0. The SMILES string of the molecule is N#Cc1c(-c2ccc(Cl)cc2)nc(N/N=C/c2cccs2)[nH]c1=O. The van der Waals surface area contributed by atoms with Crippen LogP contribution in [0.1, 0.15) is 10.4 Å². The van der Waals surface area contributed by atoms with Gasteiger partial charge in [-0.05, 0) is 23.6 Å². The third kappa shape index (κ3) is 3.51. The Kier molecular flexibility index (Phi) is 4.70. The summed E-state index contributed by atoms with van der Waals surface area (Å²) >= 11 is 7.40. The molecule has 0 unspecified atom stereocenters. The Morgan fingerprint density at radius 2 is 2.12 bits per heavy atom. The fourth-order valence-electron chi connectivity index (χ4n) is 1.97. The number of hydrazone groups is 1. The van der Waals surface area contributed by atoms with Crippen molar-refractivity contribution >= 4 is 35.1 Å². The number of aromatic amines is 1. The molecule has 0 aliphatic heterocycles. The van der Waals surface area contributed by atoms with E-state index < -0.39 is 5.56 Å². The zero-order chi connectivity index (χ0) is 16.9. The topological polar surface area (TPSA) is 93.9 Å². The second-order valence-corrected chi connectivity index (χ2v) is 6.06. The van der Waals surface area contributed by atoms with Crippen LogP contribution in [0.4, 0.5) is 5.95 Å². The average Bonchev–Trinajstić information content (AvgIpc) is 3.08. The summed E-state index contributed by atoms with van der Waals surface area (Å²) in [6.45, 7) is 0. The molecule has 6 nitrogen and oxygen atoms in total. The van der Waals surface area contributed by atoms with Crippen LogP contribution in [0.15, 0.2) is 51.7 Å². The third-order valence-electron chi connectivity index (χ3n) is 3.05. The molecule has 0 aliphatic carbocycles. The van der Waals surface area contributed by atoms with Gasteiger partial charge in [0.05, 0.1) is 11.9 Å². The molecule has 2 aromatic heterocycles. The highest BCUT2D eigenvalue weighted by atomic mass is 35.5. The van der Waals surface area contributed by atoms with Gasteiger partial charge in [-0.1, -0.05) is 29.8 Å². The summed E-state index contributed by atoms with van der Waals surface area (Å²) in [5.41, 5.74) is 2.96. The van der Waals surface area contributed by atoms with E-state index in [0.717, 1.165) is 4.88 Å². The highest BCUT2D eigenvalue weighted by Gasteiger charge is 2.13. The number of nitrogens with one attached hydrogen (secondary N) is 2. The summed E-state index contributed by atoms with van der Waals surface area (Å²) < 4.78 is 0. The van der Waals surface area contributed by atoms with E-state index in [1.165, 1.54) is 11.3 Å². The minimum absolute atomic E-state index is 0.0647. The fraction of sp³-hybridized carbons (Fsp3) is 0. The van der Waals surface area contributed by atoms with Crippen molar-refractivity contribution in [1.29, 1.82) is 5.26 Å². The van der Waals surface area contributed by atoms with Crippen molar-refractivity contribution in [2.24, 2.45) is 5.10 Å². The Labute approximate surface area is 146 Å². The second-order valence-electron chi connectivity index (χ2n) is 4.64. The van der Waals surface area contributed by atoms with Crippen LogP contribution >= 0.6 is 22.9 Å². The number of hydrogen-bond donors (Lipinski definition) is 2. The standard InChI is InChI=1S/C16H10ClN5OS/c17-11-5-3-10(4-6-11)14-13(8-18)15(23)21-16(20-14)22-19-9-12-2-1-7-24-12/h1-7,9H,(H2,20,21,22,23)/b19-9+. The predicted molar refractivity (Wildman–Crippen MR) is 95.6 cm³/mol. The predicted octanol–water partition coefficient (Wildman–Crippen LogP) is 3.47. The number of nitrogens with zero attached hydrogens (tertiary/aromatic N) is 3. The molecule has 1 aromatic carbocycles. The molecular weight excluding hydrogens is 346 g/mol. The zero-order valence-electron chi connectivity index (χ0n) is 12.2. The minimum atomic E-state index is -0.536. The molecule has 0 bridgehead atoms. The Hall–Kier alpha value is -2.95. The smallest absolute Gasteiger partial charge is 0.270 e. The number of rotatable bonds is 4. The van der Waals surface area contributed by atoms with Crippen molar-refractivity contribution in [3.8, 4) is 17.3 Å². The van der Waals surface area contributed by atoms with Gasteiger partial charge in [0, 0.05) is 15.5 Å². The second kappa shape index (κ2) is 7.08. The van der Waals surface area contributed by atoms with Crippen LogP contribution in [0, 0.1) is 11.3 Å². The number of halogens is 1. The summed E-state index contributed by atoms with van der Waals surface area (Å²) in [6.07, 6.45) is 1.62. The first-order valence-electron chi connectivity index (χ1n) is 6.80. The maximum atomic E-state index is 12.1. The molecule has 3 aromatic rings. The highest BCUT2D eigenvalue weighted by molar-refractivity contribution is 7.11. The lowest BCUT2D eigenvalue weighted by Crippen LogP contribution is -2.16. The van der Waals surface area contributed by atoms with Gasteiger partial charge < -0.3 is 0 Å². The summed E-state index contributed by atoms with van der Waals surface area (Å²) in [5.74, 6) is 0.150. The summed E-state index contributed by atoms with van der Waals surface area (Å²) in [6, 6.07) is 12.4. The summed E-state index contributed by atoms with van der Waals surface area (Å²) in [4.78, 5) is 19.8. The molecule has 0 aliphatic rings. The van der Waals surface area contributed by atoms with Crippen LogP contribution in [0.2, 0.25) is 5.02 Å². The maximum absolute atomic E-state index is 12.1. The summed E-state index contributed by atoms with van der Waals surface area (Å²) in [5, 5.41) is 15.7. The van der Waals surface area contributed by atoms with E-state index in [0.29, 0.717) is 10.6 Å². The number of H-pyrrole nitrogens is 1. The van der Waals surface area contributed by atoms with Gasteiger partial charge in [-0.3, -0.25) is 9.78 Å². The Morgan fingerprint density at radius 3 is 2.79 bits per heavy atom. The van der Waals surface area contributed by atoms with E-state index in [1.54, 1.807) is 30.5 Å². The van der Waals surface area contributed by atoms with Crippen molar-refractivity contribution in [2.45, 2.75) is 0 Å². The van der Waals surface area contributed by atoms with E-state index in [4.69, 9.17) is 11.6 Å². The van der Waals surface area contributed by atoms with Crippen molar-refractivity contribution in [1.82, 2.24) is 9.97 Å². The number of hydrogen-bond acceptors (Lipinski definition) is 6. The van der Waals surface area contributed by atoms with Crippen LogP contribution < -0.4 is 11.0 Å². The molecule has 0 fully saturated rings. The number of benzene rings is 1. The van der Waals surface area contributed by atoms with Gasteiger partial charge in [-0.2, -0.15) is 10.4 Å². The minimum Gasteiger partial charge on any atom is -0.290 e. The van der Waals surface area contributed by atoms with E-state index in [2.05, 4.69) is 20.5 Å². The molecule has 2 heterocycles. The number of anilines is 1. The van der Waals surface area contributed by atoms with Crippen molar-refractivity contribution in [3.05, 3.63) is 67.6 Å². The van der Waals surface area contributed by atoms with Crippen molar-refractivity contribution in [3.63, 3.8) is 0 Å². The maximum Gasteiger partial charge on any atom is 0.270 e. The van der Waals surface area contributed by atoms with E-state index in [9.17, 15) is 10.1 Å². The molecule has 2 N–H and O–H groups in total. The quantitative estimate of drug-likeness (QED) is 0.553. The Bertz CT molecular complexity index is 971. The van der Waals surface area contributed by atoms with Gasteiger partial charge >= 0.3 is 0 Å². The third-order valence-corrected chi connectivity index (χ3v) is 4.11. The lowest BCUT2D eigenvalue weighted by atomic mass is 10.1. The first-order chi connectivity index (χ1) is 11.7. The molecule has 0 amide bonds. The lowest BCUT2D eigenvalue weighted by Gasteiger charge is -2.06. The molecule has 8 heteroatoms. The fourth-order valence-corrected chi connectivity index (χ4v) is 2.68. The first kappa shape index (κ1) is 15.9. The van der Waals surface area contributed by atoms with Crippen LogP contribution in [-0.2, 0) is 0 Å². The molecule has 3 rings (SSSR count). The number of thiophene rings is 1. The average molecular weight is 356 g/mol. The molecule has 0 saturated carbocycles. The Morgan fingerprint density at radius 1 is 1.33 bits per heavy atom. The molecular formula is C16H10ClN5OS. The molecule has 24 heavy (non-hydrogen) atoms. The Balaban J connectivity index is 1.96. The highest BCUT2D eigenvalue weighted by Crippen LogP contribution is 2.22. The molecule has 0 atom stereocenters. The molecule has 0 saturated heterocycles. The van der Waals surface area contributed by atoms with Gasteiger partial charge in [0.25, 0.3) is 5.56 Å². The van der Waals surface area contributed by atoms with Gasteiger partial charge in [-0.25, -0.2) is 10.4 Å². The largest absolute Gasteiger partial charge is 0.290 e. The van der Waals surface area contributed by atoms with Crippen LogP contribution in [0.3, 0.4) is 0 Å². The first-order valence-corrected chi connectivity index (χ1v) is 8.06. The van der Waals surface area contributed by atoms with Crippen LogP contribution in [0.5, 0.6) is 0 Å². The number of aromatic nitrogens is 2. The normalized spacial score (nSPS) is 10.7.